The number of piperidine rings is 1. The van der Waals surface area contributed by atoms with Gasteiger partial charge < -0.3 is 14.5 Å². The Morgan fingerprint density at radius 3 is 2.54 bits per heavy atom. The number of nitrogens with one attached hydrogen (secondary N) is 1. The van der Waals surface area contributed by atoms with Crippen LogP contribution in [0.25, 0.3) is 0 Å². The Balaban J connectivity index is 1.45. The number of furan rings is 1. The molecule has 3 rings (SSSR count). The van der Waals surface area contributed by atoms with Crippen LogP contribution in [0.4, 0.5) is 0 Å². The van der Waals surface area contributed by atoms with Crippen molar-refractivity contribution in [3.05, 3.63) is 48.4 Å². The van der Waals surface area contributed by atoms with Crippen molar-refractivity contribution in [2.75, 3.05) is 26.7 Å². The number of benzene rings is 1. The van der Waals surface area contributed by atoms with Gasteiger partial charge in [-0.1, -0.05) is 0 Å². The average molecular weight is 407 g/mol. The Bertz CT molecular complexity index is 855. The summed E-state index contributed by atoms with van der Waals surface area (Å²) in [6.07, 6.45) is 4.29. The zero-order valence-corrected chi connectivity index (χ0v) is 16.8. The van der Waals surface area contributed by atoms with Gasteiger partial charge in [0.25, 0.3) is 0 Å². The van der Waals surface area contributed by atoms with E-state index < -0.39 is 10.0 Å². The fraction of sp³-hybridized carbons (Fsp3) is 0.450. The van der Waals surface area contributed by atoms with E-state index >= 15 is 0 Å². The van der Waals surface area contributed by atoms with Crippen molar-refractivity contribution in [1.82, 2.24) is 9.62 Å². The van der Waals surface area contributed by atoms with E-state index in [1.165, 1.54) is 11.4 Å². The highest BCUT2D eigenvalue weighted by Gasteiger charge is 2.31. The second-order valence-electron chi connectivity index (χ2n) is 6.83. The molecule has 0 bridgehead atoms. The summed E-state index contributed by atoms with van der Waals surface area (Å²) in [6.45, 7) is 1.28. The van der Waals surface area contributed by atoms with Gasteiger partial charge in [0.15, 0.2) is 0 Å². The van der Waals surface area contributed by atoms with E-state index in [1.54, 1.807) is 30.5 Å². The molecule has 2 aromatic rings. The summed E-state index contributed by atoms with van der Waals surface area (Å²) < 4.78 is 37.3. The van der Waals surface area contributed by atoms with Crippen LogP contribution in [-0.2, 0) is 21.2 Å². The number of sulfonamides is 1. The number of methoxy groups -OCH3 is 1. The molecule has 8 heteroatoms. The number of amides is 1. The van der Waals surface area contributed by atoms with Gasteiger partial charge in [-0.25, -0.2) is 8.42 Å². The summed E-state index contributed by atoms with van der Waals surface area (Å²) in [4.78, 5) is 12.6. The third-order valence-corrected chi connectivity index (χ3v) is 6.91. The first-order chi connectivity index (χ1) is 13.5. The number of hydrogen-bond acceptors (Lipinski definition) is 5. The number of carbonyl (C=O) groups is 1. The quantitative estimate of drug-likeness (QED) is 0.680. The lowest BCUT2D eigenvalue weighted by Gasteiger charge is -2.30. The zero-order chi connectivity index (χ0) is 20.0. The molecule has 1 fully saturated rings. The van der Waals surface area contributed by atoms with Gasteiger partial charge in [0.05, 0.1) is 18.3 Å². The topological polar surface area (TPSA) is 88.9 Å². The molecule has 0 saturated carbocycles. The van der Waals surface area contributed by atoms with E-state index in [-0.39, 0.29) is 16.7 Å². The second kappa shape index (κ2) is 9.25. The number of aryl methyl sites for hydroxylation is 1. The summed E-state index contributed by atoms with van der Waals surface area (Å²) in [6, 6.07) is 10.1. The Morgan fingerprint density at radius 2 is 1.93 bits per heavy atom. The number of hydrogen-bond donors (Lipinski definition) is 1. The van der Waals surface area contributed by atoms with Crippen molar-refractivity contribution in [3.63, 3.8) is 0 Å². The fourth-order valence-electron chi connectivity index (χ4n) is 3.33. The predicted molar refractivity (Wildman–Crippen MR) is 105 cm³/mol. The first-order valence-electron chi connectivity index (χ1n) is 9.45. The van der Waals surface area contributed by atoms with E-state index in [0.717, 1.165) is 18.6 Å². The molecule has 7 nitrogen and oxygen atoms in total. The zero-order valence-electron chi connectivity index (χ0n) is 16.0. The average Bonchev–Trinajstić information content (AvgIpc) is 3.25. The van der Waals surface area contributed by atoms with Crippen molar-refractivity contribution in [3.8, 4) is 5.75 Å². The lowest BCUT2D eigenvalue weighted by molar-refractivity contribution is -0.126. The van der Waals surface area contributed by atoms with Crippen LogP contribution in [0.3, 0.4) is 0 Å². The molecule has 1 aromatic carbocycles. The summed E-state index contributed by atoms with van der Waals surface area (Å²) in [5.41, 5.74) is 0. The van der Waals surface area contributed by atoms with E-state index in [4.69, 9.17) is 9.15 Å². The minimum Gasteiger partial charge on any atom is -0.497 e. The van der Waals surface area contributed by atoms with Crippen LogP contribution in [0, 0.1) is 5.92 Å². The first kappa shape index (κ1) is 20.4. The van der Waals surface area contributed by atoms with Gasteiger partial charge in [-0.2, -0.15) is 4.31 Å². The lowest BCUT2D eigenvalue weighted by atomic mass is 9.97. The normalized spacial score (nSPS) is 16.0. The standard InChI is InChI=1S/C20H26N2O5S/c1-26-17-6-8-19(9-7-17)28(24,25)22-13-10-16(11-14-22)20(23)21-12-2-4-18-5-3-15-27-18/h3,5-9,15-16H,2,4,10-14H2,1H3,(H,21,23). The van der Waals surface area contributed by atoms with Gasteiger partial charge in [0.1, 0.15) is 11.5 Å². The third kappa shape index (κ3) is 4.94. The maximum atomic E-state index is 12.8. The first-order valence-corrected chi connectivity index (χ1v) is 10.9. The molecule has 0 radical (unpaired) electrons. The minimum atomic E-state index is -3.55. The SMILES string of the molecule is COc1ccc(S(=O)(=O)N2CCC(C(=O)NCCCc3ccco3)CC2)cc1. The molecular weight excluding hydrogens is 380 g/mol. The number of nitrogens with zero attached hydrogens (tertiary/aromatic N) is 1. The van der Waals surface area contributed by atoms with Gasteiger partial charge in [0, 0.05) is 32.0 Å². The molecule has 1 aliphatic heterocycles. The van der Waals surface area contributed by atoms with Crippen molar-refractivity contribution >= 4 is 15.9 Å². The van der Waals surface area contributed by atoms with E-state index in [1.807, 2.05) is 12.1 Å². The molecule has 1 saturated heterocycles. The molecule has 0 unspecified atom stereocenters. The van der Waals surface area contributed by atoms with Crippen molar-refractivity contribution in [2.24, 2.45) is 5.92 Å². The molecule has 1 aromatic heterocycles. The highest BCUT2D eigenvalue weighted by molar-refractivity contribution is 7.89. The van der Waals surface area contributed by atoms with Crippen LogP contribution in [0.1, 0.15) is 25.0 Å². The highest BCUT2D eigenvalue weighted by Crippen LogP contribution is 2.25. The lowest BCUT2D eigenvalue weighted by Crippen LogP contribution is -2.43. The van der Waals surface area contributed by atoms with Gasteiger partial charge >= 0.3 is 0 Å². The molecule has 1 N–H and O–H groups in total. The van der Waals surface area contributed by atoms with Crippen LogP contribution in [0.5, 0.6) is 5.75 Å². The second-order valence-corrected chi connectivity index (χ2v) is 8.77. The predicted octanol–water partition coefficient (Wildman–Crippen LogP) is 2.44. The van der Waals surface area contributed by atoms with Crippen LogP contribution < -0.4 is 10.1 Å². The van der Waals surface area contributed by atoms with Crippen LogP contribution in [-0.4, -0.2) is 45.4 Å². The summed E-state index contributed by atoms with van der Waals surface area (Å²) >= 11 is 0. The smallest absolute Gasteiger partial charge is 0.243 e. The molecule has 0 atom stereocenters. The van der Waals surface area contributed by atoms with E-state index in [0.29, 0.717) is 38.2 Å². The Hall–Kier alpha value is -2.32. The maximum absolute atomic E-state index is 12.8. The monoisotopic (exact) mass is 406 g/mol. The summed E-state index contributed by atoms with van der Waals surface area (Å²) in [5.74, 6) is 1.37. The molecule has 1 amide bonds. The summed E-state index contributed by atoms with van der Waals surface area (Å²) in [5, 5.41) is 2.95. The molecule has 2 heterocycles. The van der Waals surface area contributed by atoms with E-state index in [9.17, 15) is 13.2 Å². The Kier molecular flexibility index (Phi) is 6.74. The number of ether oxygens (including phenoxy) is 1. The Morgan fingerprint density at radius 1 is 1.21 bits per heavy atom. The molecule has 1 aliphatic rings. The van der Waals surface area contributed by atoms with E-state index in [2.05, 4.69) is 5.32 Å². The molecular formula is C20H26N2O5S. The van der Waals surface area contributed by atoms with Crippen LogP contribution in [0.15, 0.2) is 52.0 Å². The van der Waals surface area contributed by atoms with Crippen molar-refractivity contribution in [2.45, 2.75) is 30.6 Å². The largest absolute Gasteiger partial charge is 0.497 e. The van der Waals surface area contributed by atoms with Crippen LogP contribution >= 0.6 is 0 Å². The van der Waals surface area contributed by atoms with Crippen LogP contribution in [0.2, 0.25) is 0 Å². The van der Waals surface area contributed by atoms with Gasteiger partial charge in [-0.3, -0.25) is 4.79 Å². The number of carbonyl (C=O) groups excluding carboxylic acids is 1. The minimum absolute atomic E-state index is 0.000871. The van der Waals surface area contributed by atoms with Gasteiger partial charge in [-0.15, -0.1) is 0 Å². The Labute approximate surface area is 165 Å². The molecule has 28 heavy (non-hydrogen) atoms. The maximum Gasteiger partial charge on any atom is 0.243 e. The van der Waals surface area contributed by atoms with Crippen molar-refractivity contribution < 1.29 is 22.4 Å². The highest BCUT2D eigenvalue weighted by atomic mass is 32.2. The van der Waals surface area contributed by atoms with Crippen molar-refractivity contribution in [1.29, 1.82) is 0 Å². The van der Waals surface area contributed by atoms with Gasteiger partial charge in [0.2, 0.25) is 15.9 Å². The molecule has 0 aliphatic carbocycles. The third-order valence-electron chi connectivity index (χ3n) is 5.00. The number of rotatable bonds is 8. The molecule has 152 valence electrons. The fourth-order valence-corrected chi connectivity index (χ4v) is 4.80. The van der Waals surface area contributed by atoms with Gasteiger partial charge in [-0.05, 0) is 55.7 Å². The molecule has 0 spiro atoms. The summed E-state index contributed by atoms with van der Waals surface area (Å²) in [7, 11) is -2.01.